The van der Waals surface area contributed by atoms with Crippen molar-refractivity contribution >= 4 is 11.5 Å². The first kappa shape index (κ1) is 8.23. The number of rotatable bonds is 1. The monoisotopic (exact) mass is 198 g/mol. The molecule has 1 aliphatic rings. The van der Waals surface area contributed by atoms with Crippen LogP contribution >= 0.6 is 0 Å². The van der Waals surface area contributed by atoms with E-state index in [1.807, 2.05) is 29.1 Å². The van der Waals surface area contributed by atoms with E-state index in [0.717, 1.165) is 12.5 Å². The van der Waals surface area contributed by atoms with E-state index in [4.69, 9.17) is 0 Å². The SMILES string of the molecule is C1=C(c2ccccc2)Cn2ncnc2N1. The Hall–Kier alpha value is -2.10. The van der Waals surface area contributed by atoms with Crippen LogP contribution in [0.25, 0.3) is 5.57 Å². The standard InChI is InChI=1S/C11H10N4/c1-2-4-9(5-3-1)10-6-12-11-13-8-14-15(11)7-10/h1-6,8H,7H2,(H,12,13,14). The number of hydrogen-bond acceptors (Lipinski definition) is 3. The molecule has 74 valence electrons. The quantitative estimate of drug-likeness (QED) is 0.759. The molecule has 0 unspecified atom stereocenters. The van der Waals surface area contributed by atoms with Gasteiger partial charge in [-0.25, -0.2) is 4.68 Å². The first-order chi connectivity index (χ1) is 7.43. The van der Waals surface area contributed by atoms with Gasteiger partial charge in [0.25, 0.3) is 0 Å². The van der Waals surface area contributed by atoms with Crippen LogP contribution in [0, 0.1) is 0 Å². The van der Waals surface area contributed by atoms with E-state index in [-0.39, 0.29) is 0 Å². The van der Waals surface area contributed by atoms with Crippen LogP contribution in [0.5, 0.6) is 0 Å². The normalized spacial score (nSPS) is 14.0. The summed E-state index contributed by atoms with van der Waals surface area (Å²) in [5.74, 6) is 0.801. The number of anilines is 1. The van der Waals surface area contributed by atoms with Gasteiger partial charge in [-0.15, -0.1) is 0 Å². The van der Waals surface area contributed by atoms with E-state index in [1.165, 1.54) is 11.1 Å². The average molecular weight is 198 g/mol. The fourth-order valence-electron chi connectivity index (χ4n) is 1.68. The average Bonchev–Trinajstić information content (AvgIpc) is 2.77. The van der Waals surface area contributed by atoms with Crippen LogP contribution < -0.4 is 5.32 Å². The second-order valence-electron chi connectivity index (χ2n) is 3.42. The minimum absolute atomic E-state index is 0.770. The molecule has 1 N–H and O–H groups in total. The van der Waals surface area contributed by atoms with Crippen LogP contribution in [-0.4, -0.2) is 14.8 Å². The van der Waals surface area contributed by atoms with E-state index >= 15 is 0 Å². The zero-order chi connectivity index (χ0) is 10.1. The van der Waals surface area contributed by atoms with E-state index in [9.17, 15) is 0 Å². The maximum absolute atomic E-state index is 4.13. The maximum atomic E-state index is 4.13. The van der Waals surface area contributed by atoms with Crippen LogP contribution in [0.4, 0.5) is 5.95 Å². The molecular formula is C11H10N4. The van der Waals surface area contributed by atoms with Crippen LogP contribution in [0.2, 0.25) is 0 Å². The third-order valence-corrected chi connectivity index (χ3v) is 2.46. The molecule has 1 aromatic carbocycles. The fourth-order valence-corrected chi connectivity index (χ4v) is 1.68. The number of allylic oxidation sites excluding steroid dienone is 1. The molecule has 0 spiro atoms. The number of benzene rings is 1. The Balaban J connectivity index is 1.95. The molecule has 2 heterocycles. The molecule has 0 bridgehead atoms. The highest BCUT2D eigenvalue weighted by molar-refractivity contribution is 5.69. The Kier molecular flexibility index (Phi) is 1.78. The summed E-state index contributed by atoms with van der Waals surface area (Å²) in [6.45, 7) is 0.770. The Labute approximate surface area is 87.3 Å². The molecular weight excluding hydrogens is 188 g/mol. The molecule has 4 nitrogen and oxygen atoms in total. The molecule has 2 aromatic rings. The molecule has 0 atom stereocenters. The van der Waals surface area contributed by atoms with Crippen molar-refractivity contribution in [2.75, 3.05) is 5.32 Å². The number of nitrogens with zero attached hydrogens (tertiary/aromatic N) is 3. The third-order valence-electron chi connectivity index (χ3n) is 2.46. The molecule has 0 amide bonds. The highest BCUT2D eigenvalue weighted by Crippen LogP contribution is 2.21. The Bertz CT molecular complexity index is 498. The number of hydrogen-bond donors (Lipinski definition) is 1. The lowest BCUT2D eigenvalue weighted by atomic mass is 10.1. The molecule has 1 aromatic heterocycles. The molecule has 0 fully saturated rings. The summed E-state index contributed by atoms with van der Waals surface area (Å²) in [5, 5.41) is 7.25. The first-order valence-corrected chi connectivity index (χ1v) is 4.82. The second kappa shape index (κ2) is 3.24. The van der Waals surface area contributed by atoms with Crippen molar-refractivity contribution < 1.29 is 0 Å². The summed E-state index contributed by atoms with van der Waals surface area (Å²) in [6, 6.07) is 10.3. The van der Waals surface area contributed by atoms with E-state index < -0.39 is 0 Å². The lowest BCUT2D eigenvalue weighted by Crippen LogP contribution is -2.12. The van der Waals surface area contributed by atoms with Crippen molar-refractivity contribution in [2.45, 2.75) is 6.54 Å². The number of fused-ring (bicyclic) bond motifs is 1. The topological polar surface area (TPSA) is 42.7 Å². The van der Waals surface area contributed by atoms with Crippen LogP contribution in [0.15, 0.2) is 42.9 Å². The van der Waals surface area contributed by atoms with Gasteiger partial charge < -0.3 is 5.32 Å². The van der Waals surface area contributed by atoms with Gasteiger partial charge in [0, 0.05) is 6.20 Å². The van der Waals surface area contributed by atoms with Crippen molar-refractivity contribution in [3.63, 3.8) is 0 Å². The molecule has 15 heavy (non-hydrogen) atoms. The van der Waals surface area contributed by atoms with Gasteiger partial charge in [0.05, 0.1) is 6.54 Å². The van der Waals surface area contributed by atoms with Gasteiger partial charge in [0.2, 0.25) is 5.95 Å². The molecule has 3 rings (SSSR count). The Morgan fingerprint density at radius 3 is 2.93 bits per heavy atom. The molecule has 0 aliphatic carbocycles. The van der Waals surface area contributed by atoms with Crippen molar-refractivity contribution in [3.05, 3.63) is 48.4 Å². The van der Waals surface area contributed by atoms with Crippen molar-refractivity contribution in [1.82, 2.24) is 14.8 Å². The van der Waals surface area contributed by atoms with Crippen LogP contribution in [-0.2, 0) is 6.54 Å². The lowest BCUT2D eigenvalue weighted by molar-refractivity contribution is 0.710. The van der Waals surface area contributed by atoms with Gasteiger partial charge in [-0.05, 0) is 11.1 Å². The largest absolute Gasteiger partial charge is 0.331 e. The van der Waals surface area contributed by atoms with Crippen molar-refractivity contribution in [3.8, 4) is 0 Å². The molecule has 0 radical (unpaired) electrons. The van der Waals surface area contributed by atoms with Crippen molar-refractivity contribution in [2.24, 2.45) is 0 Å². The number of aromatic nitrogens is 3. The summed E-state index contributed by atoms with van der Waals surface area (Å²) in [5.41, 5.74) is 2.43. The van der Waals surface area contributed by atoms with Gasteiger partial charge in [-0.1, -0.05) is 30.3 Å². The minimum Gasteiger partial charge on any atom is -0.331 e. The van der Waals surface area contributed by atoms with Gasteiger partial charge in [0.1, 0.15) is 6.33 Å². The summed E-state index contributed by atoms with van der Waals surface area (Å²) in [6.07, 6.45) is 3.55. The highest BCUT2D eigenvalue weighted by atomic mass is 15.4. The zero-order valence-corrected chi connectivity index (χ0v) is 8.09. The predicted octanol–water partition coefficient (Wildman–Crippen LogP) is 1.74. The van der Waals surface area contributed by atoms with E-state index in [2.05, 4.69) is 27.5 Å². The van der Waals surface area contributed by atoms with Gasteiger partial charge in [-0.3, -0.25) is 0 Å². The Morgan fingerprint density at radius 2 is 2.07 bits per heavy atom. The molecule has 4 heteroatoms. The summed E-state index contributed by atoms with van der Waals surface area (Å²) in [7, 11) is 0. The fraction of sp³-hybridized carbons (Fsp3) is 0.0909. The maximum Gasteiger partial charge on any atom is 0.225 e. The van der Waals surface area contributed by atoms with Crippen LogP contribution in [0.1, 0.15) is 5.56 Å². The summed E-state index contributed by atoms with van der Waals surface area (Å²) >= 11 is 0. The van der Waals surface area contributed by atoms with E-state index in [1.54, 1.807) is 6.33 Å². The second-order valence-corrected chi connectivity index (χ2v) is 3.42. The minimum atomic E-state index is 0.770. The predicted molar refractivity (Wildman–Crippen MR) is 58.1 cm³/mol. The summed E-state index contributed by atoms with van der Waals surface area (Å²) < 4.78 is 1.85. The van der Waals surface area contributed by atoms with Crippen LogP contribution in [0.3, 0.4) is 0 Å². The number of nitrogens with one attached hydrogen (secondary N) is 1. The zero-order valence-electron chi connectivity index (χ0n) is 8.09. The van der Waals surface area contributed by atoms with Gasteiger partial charge in [-0.2, -0.15) is 10.1 Å². The lowest BCUT2D eigenvalue weighted by Gasteiger charge is -2.15. The smallest absolute Gasteiger partial charge is 0.225 e. The first-order valence-electron chi connectivity index (χ1n) is 4.82. The molecule has 0 saturated heterocycles. The molecule has 0 saturated carbocycles. The third kappa shape index (κ3) is 1.40. The highest BCUT2D eigenvalue weighted by Gasteiger charge is 2.12. The molecule has 1 aliphatic heterocycles. The van der Waals surface area contributed by atoms with Gasteiger partial charge >= 0.3 is 0 Å². The summed E-state index contributed by atoms with van der Waals surface area (Å²) in [4.78, 5) is 4.08. The Morgan fingerprint density at radius 1 is 1.20 bits per heavy atom. The van der Waals surface area contributed by atoms with Gasteiger partial charge in [0.15, 0.2) is 0 Å². The van der Waals surface area contributed by atoms with Crippen molar-refractivity contribution in [1.29, 1.82) is 0 Å². The van der Waals surface area contributed by atoms with E-state index in [0.29, 0.717) is 0 Å².